The number of hydrogen-bond acceptors (Lipinski definition) is 9. The second-order valence-electron chi connectivity index (χ2n) is 11.5. The zero-order chi connectivity index (χ0) is 31.0. The number of ether oxygens (including phenoxy) is 2. The normalized spacial score (nSPS) is 16.7. The molecule has 2 N–H and O–H groups in total. The summed E-state index contributed by atoms with van der Waals surface area (Å²) < 4.78 is 11.6. The smallest absolute Gasteiger partial charge is 0.407 e. The van der Waals surface area contributed by atoms with E-state index in [2.05, 4.69) is 15.3 Å². The molecule has 3 amide bonds. The lowest BCUT2D eigenvalue weighted by molar-refractivity contribution is -0.155. The van der Waals surface area contributed by atoms with Crippen LogP contribution in [0.2, 0.25) is 0 Å². The van der Waals surface area contributed by atoms with Gasteiger partial charge in [0.15, 0.2) is 5.82 Å². The molecule has 43 heavy (non-hydrogen) atoms. The number of carbonyl (C=O) groups excluding carboxylic acids is 3. The maximum Gasteiger partial charge on any atom is 0.407 e. The predicted octanol–water partition coefficient (Wildman–Crippen LogP) is 3.46. The van der Waals surface area contributed by atoms with Crippen LogP contribution in [0, 0.1) is 0 Å². The van der Waals surface area contributed by atoms with Gasteiger partial charge in [-0.3, -0.25) is 14.4 Å². The van der Waals surface area contributed by atoms with Gasteiger partial charge in [0.2, 0.25) is 11.8 Å². The van der Waals surface area contributed by atoms with Gasteiger partial charge in [0.1, 0.15) is 23.4 Å². The molecule has 0 bridgehead atoms. The minimum Gasteiger partial charge on any atom is -0.474 e. The van der Waals surface area contributed by atoms with Crippen molar-refractivity contribution < 1.29 is 33.8 Å². The number of piperazine rings is 1. The SMILES string of the molecule is CC(C)(C)OC(=O)CC[C@H](NC(=O)c1cc(OC2CCSCC2)nc(-c2ccccc2)n1)C(=O)N1CCN(C(=O)O)CC1. The van der Waals surface area contributed by atoms with Gasteiger partial charge in [-0.2, -0.15) is 16.7 Å². The maximum atomic E-state index is 13.7. The average molecular weight is 614 g/mol. The van der Waals surface area contributed by atoms with Crippen LogP contribution >= 0.6 is 11.8 Å². The Labute approximate surface area is 255 Å². The van der Waals surface area contributed by atoms with Crippen molar-refractivity contribution in [3.63, 3.8) is 0 Å². The molecule has 4 rings (SSSR count). The second kappa shape index (κ2) is 14.5. The molecule has 3 heterocycles. The molecule has 1 aromatic heterocycles. The van der Waals surface area contributed by atoms with Crippen molar-refractivity contribution in [1.29, 1.82) is 0 Å². The number of carboxylic acid groups (broad SMARTS) is 1. The number of esters is 1. The molecule has 2 aliphatic heterocycles. The van der Waals surface area contributed by atoms with Gasteiger partial charge in [-0.25, -0.2) is 9.78 Å². The molecule has 0 unspecified atom stereocenters. The van der Waals surface area contributed by atoms with E-state index in [1.165, 1.54) is 15.9 Å². The van der Waals surface area contributed by atoms with E-state index in [0.717, 1.165) is 24.3 Å². The van der Waals surface area contributed by atoms with Gasteiger partial charge in [0.25, 0.3) is 5.91 Å². The number of thioether (sulfide) groups is 1. The number of aromatic nitrogens is 2. The van der Waals surface area contributed by atoms with Crippen LogP contribution < -0.4 is 10.1 Å². The first kappa shape index (κ1) is 32.1. The summed E-state index contributed by atoms with van der Waals surface area (Å²) in [5.74, 6) is 1.04. The fourth-order valence-electron chi connectivity index (χ4n) is 4.77. The summed E-state index contributed by atoms with van der Waals surface area (Å²) in [5.41, 5.74) is 0.0322. The molecule has 1 aromatic carbocycles. The summed E-state index contributed by atoms with van der Waals surface area (Å²) in [6, 6.07) is 9.65. The van der Waals surface area contributed by atoms with Crippen LogP contribution in [-0.2, 0) is 14.3 Å². The lowest BCUT2D eigenvalue weighted by Crippen LogP contribution is -2.55. The Hall–Kier alpha value is -3.87. The molecule has 2 aliphatic rings. The minimum atomic E-state index is -1.06. The van der Waals surface area contributed by atoms with Crippen molar-refractivity contribution in [2.75, 3.05) is 37.7 Å². The van der Waals surface area contributed by atoms with Gasteiger partial charge >= 0.3 is 12.1 Å². The van der Waals surface area contributed by atoms with E-state index in [9.17, 15) is 24.3 Å². The fraction of sp³-hybridized carbons (Fsp3) is 0.533. The molecule has 13 heteroatoms. The number of nitrogens with one attached hydrogen (secondary N) is 1. The predicted molar refractivity (Wildman–Crippen MR) is 161 cm³/mol. The highest BCUT2D eigenvalue weighted by Gasteiger charge is 2.32. The topological polar surface area (TPSA) is 151 Å². The van der Waals surface area contributed by atoms with Crippen LogP contribution in [0.3, 0.4) is 0 Å². The highest BCUT2D eigenvalue weighted by Crippen LogP contribution is 2.25. The van der Waals surface area contributed by atoms with E-state index < -0.39 is 35.5 Å². The Bertz CT molecular complexity index is 1290. The standard InChI is InChI=1S/C30H39N5O7S/c1-30(2,3)42-25(36)10-9-22(28(38)34-13-15-35(16-14-34)29(39)40)32-27(37)23-19-24(41-21-11-17-43-18-12-21)33-26(31-23)20-7-5-4-6-8-20/h4-8,19,21-22H,9-18H2,1-3H3,(H,32,37)(H,39,40)/t22-/m0/s1. The summed E-state index contributed by atoms with van der Waals surface area (Å²) in [6.45, 7) is 5.91. The van der Waals surface area contributed by atoms with Gasteiger partial charge in [0.05, 0.1) is 0 Å². The number of amides is 3. The van der Waals surface area contributed by atoms with Crippen LogP contribution in [0.15, 0.2) is 36.4 Å². The van der Waals surface area contributed by atoms with Crippen molar-refractivity contribution in [2.24, 2.45) is 0 Å². The summed E-state index contributed by atoms with van der Waals surface area (Å²) in [4.78, 5) is 62.9. The number of benzene rings is 1. The van der Waals surface area contributed by atoms with Crippen molar-refractivity contribution in [3.8, 4) is 17.3 Å². The molecule has 0 spiro atoms. The molecule has 0 radical (unpaired) electrons. The number of rotatable bonds is 9. The first-order valence-electron chi connectivity index (χ1n) is 14.5. The molecule has 2 saturated heterocycles. The van der Waals surface area contributed by atoms with Gasteiger partial charge in [-0.1, -0.05) is 30.3 Å². The van der Waals surface area contributed by atoms with E-state index in [1.54, 1.807) is 20.8 Å². The summed E-state index contributed by atoms with van der Waals surface area (Å²) in [6.07, 6.45) is 0.558. The van der Waals surface area contributed by atoms with Crippen LogP contribution in [0.25, 0.3) is 11.4 Å². The zero-order valence-electron chi connectivity index (χ0n) is 24.8. The summed E-state index contributed by atoms with van der Waals surface area (Å²) in [7, 11) is 0. The minimum absolute atomic E-state index is 0.00163. The van der Waals surface area contributed by atoms with E-state index in [1.807, 2.05) is 42.1 Å². The Morgan fingerprint density at radius 2 is 1.67 bits per heavy atom. The number of hydrogen-bond donors (Lipinski definition) is 2. The lowest BCUT2D eigenvalue weighted by Gasteiger charge is -2.35. The van der Waals surface area contributed by atoms with Gasteiger partial charge in [0, 0.05) is 44.2 Å². The molecular formula is C30H39N5O7S. The quantitative estimate of drug-likeness (QED) is 0.402. The molecular weight excluding hydrogens is 574 g/mol. The van der Waals surface area contributed by atoms with Crippen molar-refractivity contribution in [2.45, 2.75) is 64.2 Å². The third kappa shape index (κ3) is 9.57. The van der Waals surface area contributed by atoms with E-state index in [4.69, 9.17) is 9.47 Å². The van der Waals surface area contributed by atoms with Crippen molar-refractivity contribution in [3.05, 3.63) is 42.1 Å². The van der Waals surface area contributed by atoms with Gasteiger partial charge in [-0.05, 0) is 51.5 Å². The highest BCUT2D eigenvalue weighted by molar-refractivity contribution is 7.99. The van der Waals surface area contributed by atoms with Gasteiger partial charge in [-0.15, -0.1) is 0 Å². The summed E-state index contributed by atoms with van der Waals surface area (Å²) in [5, 5.41) is 12.1. The Kier molecular flexibility index (Phi) is 10.8. The molecule has 2 fully saturated rings. The highest BCUT2D eigenvalue weighted by atomic mass is 32.2. The van der Waals surface area contributed by atoms with Crippen LogP contribution in [0.4, 0.5) is 4.79 Å². The Morgan fingerprint density at radius 1 is 1.02 bits per heavy atom. The molecule has 12 nitrogen and oxygen atoms in total. The number of nitrogens with zero attached hydrogens (tertiary/aromatic N) is 4. The van der Waals surface area contributed by atoms with Crippen molar-refractivity contribution >= 4 is 35.6 Å². The largest absolute Gasteiger partial charge is 0.474 e. The average Bonchev–Trinajstić information content (AvgIpc) is 2.98. The second-order valence-corrected chi connectivity index (χ2v) is 12.7. The first-order valence-corrected chi connectivity index (χ1v) is 15.6. The first-order chi connectivity index (χ1) is 20.5. The lowest BCUT2D eigenvalue weighted by atomic mass is 10.1. The van der Waals surface area contributed by atoms with E-state index >= 15 is 0 Å². The number of carbonyl (C=O) groups is 4. The molecule has 2 aromatic rings. The van der Waals surface area contributed by atoms with Crippen molar-refractivity contribution in [1.82, 2.24) is 25.1 Å². The van der Waals surface area contributed by atoms with E-state index in [-0.39, 0.29) is 56.7 Å². The monoisotopic (exact) mass is 613 g/mol. The molecule has 232 valence electrons. The molecule has 1 atom stereocenters. The Morgan fingerprint density at radius 3 is 2.30 bits per heavy atom. The van der Waals surface area contributed by atoms with Crippen LogP contribution in [0.1, 0.15) is 56.9 Å². The Balaban J connectivity index is 1.56. The van der Waals surface area contributed by atoms with Crippen LogP contribution in [0.5, 0.6) is 5.88 Å². The summed E-state index contributed by atoms with van der Waals surface area (Å²) >= 11 is 1.87. The third-order valence-electron chi connectivity index (χ3n) is 6.95. The molecule has 0 aliphatic carbocycles. The third-order valence-corrected chi connectivity index (χ3v) is 7.99. The fourth-order valence-corrected chi connectivity index (χ4v) is 5.83. The van der Waals surface area contributed by atoms with Gasteiger partial charge < -0.3 is 29.7 Å². The van der Waals surface area contributed by atoms with Crippen LogP contribution in [-0.4, -0.2) is 104 Å². The van der Waals surface area contributed by atoms with E-state index in [0.29, 0.717) is 11.4 Å². The molecule has 0 saturated carbocycles. The zero-order valence-corrected chi connectivity index (χ0v) is 25.6. The maximum absolute atomic E-state index is 13.7.